The van der Waals surface area contributed by atoms with E-state index in [4.69, 9.17) is 9.47 Å². The predicted molar refractivity (Wildman–Crippen MR) is 81.7 cm³/mol. The van der Waals surface area contributed by atoms with Crippen LogP contribution in [0.5, 0.6) is 0 Å². The molecule has 0 bridgehead atoms. The Morgan fingerprint density at radius 2 is 2.27 bits per heavy atom. The van der Waals surface area contributed by atoms with E-state index >= 15 is 0 Å². The Labute approximate surface area is 131 Å². The van der Waals surface area contributed by atoms with E-state index in [2.05, 4.69) is 4.98 Å². The van der Waals surface area contributed by atoms with Gasteiger partial charge in [-0.1, -0.05) is 13.0 Å². The summed E-state index contributed by atoms with van der Waals surface area (Å²) in [4.78, 5) is 4.23. The number of fused-ring (bicyclic) bond motifs is 1. The number of hydrogen-bond donors (Lipinski definition) is 0. The first-order valence-electron chi connectivity index (χ1n) is 7.70. The first-order chi connectivity index (χ1) is 10.6. The van der Waals surface area contributed by atoms with Crippen molar-refractivity contribution in [1.29, 1.82) is 0 Å². The molecule has 0 radical (unpaired) electrons. The van der Waals surface area contributed by atoms with Gasteiger partial charge in [-0.05, 0) is 18.6 Å². The Balaban J connectivity index is 1.68. The maximum atomic E-state index is 12.4. The summed E-state index contributed by atoms with van der Waals surface area (Å²) in [7, 11) is -3.22. The molecular weight excluding hydrogens is 304 g/mol. The van der Waals surface area contributed by atoms with Crippen LogP contribution in [0.1, 0.15) is 19.0 Å². The van der Waals surface area contributed by atoms with Gasteiger partial charge in [-0.2, -0.15) is 4.31 Å². The summed E-state index contributed by atoms with van der Waals surface area (Å²) >= 11 is 0. The molecule has 3 atom stereocenters. The number of nitrogens with zero attached hydrogens (tertiary/aromatic N) is 2. The van der Waals surface area contributed by atoms with Gasteiger partial charge in [0.1, 0.15) is 0 Å². The quantitative estimate of drug-likeness (QED) is 0.781. The molecule has 2 saturated heterocycles. The van der Waals surface area contributed by atoms with Crippen LogP contribution < -0.4 is 0 Å². The van der Waals surface area contributed by atoms with Crippen LogP contribution in [0.25, 0.3) is 0 Å². The largest absolute Gasteiger partial charge is 0.379 e. The maximum absolute atomic E-state index is 12.4. The van der Waals surface area contributed by atoms with Crippen molar-refractivity contribution in [3.63, 3.8) is 0 Å². The van der Waals surface area contributed by atoms with Crippen LogP contribution >= 0.6 is 0 Å². The van der Waals surface area contributed by atoms with E-state index in [-0.39, 0.29) is 23.8 Å². The van der Waals surface area contributed by atoms with Crippen LogP contribution in [0.4, 0.5) is 0 Å². The van der Waals surface area contributed by atoms with Gasteiger partial charge < -0.3 is 9.47 Å². The number of hydrogen-bond acceptors (Lipinski definition) is 5. The SMILES string of the molecule is CCCS(=O)(=O)N1C[C@H](OCc2ccccn2)[C@@H]2COC[C@@H]21. The highest BCUT2D eigenvalue weighted by Crippen LogP contribution is 2.34. The summed E-state index contributed by atoms with van der Waals surface area (Å²) < 4.78 is 37.8. The fourth-order valence-corrected chi connectivity index (χ4v) is 4.96. The molecule has 22 heavy (non-hydrogen) atoms. The van der Waals surface area contributed by atoms with Crippen molar-refractivity contribution < 1.29 is 17.9 Å². The molecule has 1 aromatic rings. The third-order valence-corrected chi connectivity index (χ3v) is 6.35. The second-order valence-electron chi connectivity index (χ2n) is 5.82. The molecule has 3 rings (SSSR count). The molecule has 122 valence electrons. The molecule has 6 nitrogen and oxygen atoms in total. The second-order valence-corrected chi connectivity index (χ2v) is 7.87. The van der Waals surface area contributed by atoms with Crippen molar-refractivity contribution in [2.45, 2.75) is 32.1 Å². The van der Waals surface area contributed by atoms with Crippen LogP contribution in [-0.4, -0.2) is 55.4 Å². The normalized spacial score (nSPS) is 28.9. The monoisotopic (exact) mass is 326 g/mol. The lowest BCUT2D eigenvalue weighted by molar-refractivity contribution is 0.0112. The van der Waals surface area contributed by atoms with Crippen LogP contribution in [0.3, 0.4) is 0 Å². The van der Waals surface area contributed by atoms with Crippen molar-refractivity contribution in [3.8, 4) is 0 Å². The second kappa shape index (κ2) is 6.62. The van der Waals surface area contributed by atoms with Gasteiger partial charge in [-0.25, -0.2) is 8.42 Å². The first kappa shape index (κ1) is 15.9. The van der Waals surface area contributed by atoms with Crippen molar-refractivity contribution >= 4 is 10.0 Å². The predicted octanol–water partition coefficient (Wildman–Crippen LogP) is 1.04. The Morgan fingerprint density at radius 1 is 1.41 bits per heavy atom. The topological polar surface area (TPSA) is 68.7 Å². The minimum atomic E-state index is -3.22. The van der Waals surface area contributed by atoms with Gasteiger partial charge in [0.2, 0.25) is 10.0 Å². The van der Waals surface area contributed by atoms with Crippen molar-refractivity contribution in [2.24, 2.45) is 5.92 Å². The Kier molecular flexibility index (Phi) is 4.77. The number of ether oxygens (including phenoxy) is 2. The lowest BCUT2D eigenvalue weighted by atomic mass is 10.0. The fraction of sp³-hybridized carbons (Fsp3) is 0.667. The average molecular weight is 326 g/mol. The van der Waals surface area contributed by atoms with E-state index < -0.39 is 10.0 Å². The summed E-state index contributed by atoms with van der Waals surface area (Å²) in [5.74, 6) is 0.304. The molecule has 2 aliphatic heterocycles. The standard InChI is InChI=1S/C15H22N2O4S/c1-2-7-22(18,19)17-8-15(13-10-20-11-14(13)17)21-9-12-5-3-4-6-16-12/h3-6,13-15H,2,7-11H2,1H3/t13-,14+,15+/m1/s1. The summed E-state index contributed by atoms with van der Waals surface area (Å²) in [6.07, 6.45) is 2.23. The smallest absolute Gasteiger partial charge is 0.214 e. The molecule has 2 fully saturated rings. The zero-order valence-electron chi connectivity index (χ0n) is 12.7. The highest BCUT2D eigenvalue weighted by molar-refractivity contribution is 7.89. The third-order valence-electron chi connectivity index (χ3n) is 4.29. The van der Waals surface area contributed by atoms with Gasteiger partial charge in [-0.15, -0.1) is 0 Å². The molecular formula is C15H22N2O4S. The zero-order valence-corrected chi connectivity index (χ0v) is 13.5. The van der Waals surface area contributed by atoms with Crippen LogP contribution in [0.15, 0.2) is 24.4 Å². The Morgan fingerprint density at radius 3 is 3.00 bits per heavy atom. The molecule has 0 saturated carbocycles. The van der Waals surface area contributed by atoms with E-state index in [1.165, 1.54) is 0 Å². The Hall–Kier alpha value is -1.02. The molecule has 0 aliphatic carbocycles. The van der Waals surface area contributed by atoms with Crippen molar-refractivity contribution in [1.82, 2.24) is 9.29 Å². The van der Waals surface area contributed by atoms with Crippen molar-refractivity contribution in [2.75, 3.05) is 25.5 Å². The van der Waals surface area contributed by atoms with Gasteiger partial charge in [-0.3, -0.25) is 4.98 Å². The van der Waals surface area contributed by atoms with Crippen molar-refractivity contribution in [3.05, 3.63) is 30.1 Å². The van der Waals surface area contributed by atoms with E-state index in [0.717, 1.165) is 5.69 Å². The fourth-order valence-electron chi connectivity index (χ4n) is 3.21. The average Bonchev–Trinajstić information content (AvgIpc) is 3.08. The van der Waals surface area contributed by atoms with Crippen LogP contribution in [0, 0.1) is 5.92 Å². The van der Waals surface area contributed by atoms with Gasteiger partial charge in [0.05, 0.1) is 43.4 Å². The lowest BCUT2D eigenvalue weighted by Gasteiger charge is -2.21. The maximum Gasteiger partial charge on any atom is 0.214 e. The van der Waals surface area contributed by atoms with E-state index in [0.29, 0.717) is 32.8 Å². The molecule has 0 spiro atoms. The minimum absolute atomic E-state index is 0.0784. The van der Waals surface area contributed by atoms with Crippen LogP contribution in [0.2, 0.25) is 0 Å². The number of sulfonamides is 1. The Bertz CT molecular complexity index is 593. The molecule has 7 heteroatoms. The van der Waals surface area contributed by atoms with Gasteiger partial charge in [0.25, 0.3) is 0 Å². The molecule has 0 unspecified atom stereocenters. The summed E-state index contributed by atoms with van der Waals surface area (Å²) in [5, 5.41) is 0. The number of pyridine rings is 1. The van der Waals surface area contributed by atoms with E-state index in [1.54, 1.807) is 10.5 Å². The highest BCUT2D eigenvalue weighted by atomic mass is 32.2. The highest BCUT2D eigenvalue weighted by Gasteiger charge is 2.50. The summed E-state index contributed by atoms with van der Waals surface area (Å²) in [5.41, 5.74) is 0.854. The van der Waals surface area contributed by atoms with E-state index in [1.807, 2.05) is 25.1 Å². The number of aromatic nitrogens is 1. The zero-order chi connectivity index (χ0) is 15.6. The molecule has 1 aromatic heterocycles. The molecule has 0 aromatic carbocycles. The first-order valence-corrected chi connectivity index (χ1v) is 9.31. The number of rotatable bonds is 6. The summed E-state index contributed by atoms with van der Waals surface area (Å²) in [6.45, 7) is 3.74. The van der Waals surface area contributed by atoms with Crippen LogP contribution in [-0.2, 0) is 26.1 Å². The molecule has 3 heterocycles. The van der Waals surface area contributed by atoms with Gasteiger partial charge in [0, 0.05) is 18.7 Å². The minimum Gasteiger partial charge on any atom is -0.379 e. The molecule has 0 N–H and O–H groups in total. The van der Waals surface area contributed by atoms with Gasteiger partial charge >= 0.3 is 0 Å². The lowest BCUT2D eigenvalue weighted by Crippen LogP contribution is -2.39. The third kappa shape index (κ3) is 3.17. The summed E-state index contributed by atoms with van der Waals surface area (Å²) in [6, 6.07) is 5.60. The van der Waals surface area contributed by atoms with E-state index in [9.17, 15) is 8.42 Å². The van der Waals surface area contributed by atoms with Gasteiger partial charge in [0.15, 0.2) is 0 Å². The molecule has 0 amide bonds. The molecule has 2 aliphatic rings.